The second-order valence-electron chi connectivity index (χ2n) is 1.91. The number of hydrogen-bond acceptors (Lipinski definition) is 4. The highest BCUT2D eigenvalue weighted by molar-refractivity contribution is 7.14. The lowest BCUT2D eigenvalue weighted by atomic mass is 10.6. The van der Waals surface area contributed by atoms with Gasteiger partial charge in [0.25, 0.3) is 0 Å². The summed E-state index contributed by atoms with van der Waals surface area (Å²) in [6, 6.07) is 0. The molecule has 0 fully saturated rings. The maximum Gasteiger partial charge on any atom is 0.231 e. The quantitative estimate of drug-likeness (QED) is 0.633. The minimum absolute atomic E-state index is 0.709. The van der Waals surface area contributed by atoms with E-state index in [1.165, 1.54) is 11.3 Å². The van der Waals surface area contributed by atoms with Crippen molar-refractivity contribution in [3.05, 3.63) is 17.2 Å². The average molecular weight is 167 g/mol. The molecular weight excluding hydrogens is 158 g/mol. The number of hydrogen-bond donors (Lipinski definition) is 0. The molecule has 3 nitrogen and oxygen atoms in total. The van der Waals surface area contributed by atoms with Crippen LogP contribution in [0.4, 0.5) is 5.13 Å². The molecule has 1 aromatic heterocycles. The predicted octanol–water partition coefficient (Wildman–Crippen LogP) is 2.12. The zero-order valence-electron chi connectivity index (χ0n) is 6.48. The zero-order chi connectivity index (χ0) is 8.10. The maximum absolute atomic E-state index is 4.05. The van der Waals surface area contributed by atoms with E-state index in [0.717, 1.165) is 5.01 Å². The molecule has 1 aromatic rings. The van der Waals surface area contributed by atoms with Gasteiger partial charge in [0.2, 0.25) is 5.13 Å². The van der Waals surface area contributed by atoms with Gasteiger partial charge in [0.15, 0.2) is 0 Å². The molecule has 0 aliphatic carbocycles. The highest BCUT2D eigenvalue weighted by Crippen LogP contribution is 2.16. The van der Waals surface area contributed by atoms with Crippen LogP contribution in [-0.2, 0) is 0 Å². The van der Waals surface area contributed by atoms with Crippen molar-refractivity contribution >= 4 is 22.7 Å². The Kier molecular flexibility index (Phi) is 2.92. The number of nitrogens with zero attached hydrogens (tertiary/aromatic N) is 3. The Labute approximate surface area is 69.5 Å². The smallest absolute Gasteiger partial charge is 0.226 e. The van der Waals surface area contributed by atoms with E-state index >= 15 is 0 Å². The Morgan fingerprint density at radius 1 is 1.45 bits per heavy atom. The molecule has 4 heteroatoms. The molecule has 0 saturated carbocycles. The first kappa shape index (κ1) is 8.07. The third kappa shape index (κ3) is 2.59. The maximum atomic E-state index is 4.05. The zero-order valence-corrected chi connectivity index (χ0v) is 7.30. The molecule has 1 rings (SSSR count). The van der Waals surface area contributed by atoms with Crippen LogP contribution in [0.25, 0.3) is 0 Å². The number of aromatic nitrogens is 2. The molecule has 11 heavy (non-hydrogen) atoms. The number of rotatable bonds is 2. The Morgan fingerprint density at radius 2 is 2.27 bits per heavy atom. The van der Waals surface area contributed by atoms with Gasteiger partial charge in [-0.05, 0) is 19.9 Å². The molecule has 0 aliphatic rings. The fourth-order valence-corrected chi connectivity index (χ4v) is 1.07. The number of aryl methyl sites for hydroxylation is 1. The topological polar surface area (TPSA) is 38.1 Å². The third-order valence-corrected chi connectivity index (χ3v) is 1.73. The minimum Gasteiger partial charge on any atom is -0.226 e. The van der Waals surface area contributed by atoms with E-state index in [4.69, 9.17) is 0 Å². The largest absolute Gasteiger partial charge is 0.231 e. The monoisotopic (exact) mass is 167 g/mol. The van der Waals surface area contributed by atoms with Gasteiger partial charge in [-0.2, -0.15) is 0 Å². The van der Waals surface area contributed by atoms with Crippen molar-refractivity contribution in [2.24, 2.45) is 4.99 Å². The van der Waals surface area contributed by atoms with E-state index < -0.39 is 0 Å². The number of aliphatic imine (C=N–C) groups is 1. The first-order valence-corrected chi connectivity index (χ1v) is 4.10. The Bertz CT molecular complexity index is 275. The van der Waals surface area contributed by atoms with Crippen LogP contribution in [0, 0.1) is 6.92 Å². The minimum atomic E-state index is 0.709. The molecule has 0 aliphatic heterocycles. The molecule has 0 unspecified atom stereocenters. The van der Waals surface area contributed by atoms with Crippen molar-refractivity contribution in [3.8, 4) is 0 Å². The van der Waals surface area contributed by atoms with Crippen LogP contribution < -0.4 is 0 Å². The van der Waals surface area contributed by atoms with E-state index in [9.17, 15) is 0 Å². The van der Waals surface area contributed by atoms with Crippen LogP contribution in [0.5, 0.6) is 0 Å². The Hall–Kier alpha value is -1.03. The number of allylic oxidation sites excluding steroid dienone is 2. The van der Waals surface area contributed by atoms with Crippen molar-refractivity contribution in [2.75, 3.05) is 0 Å². The predicted molar refractivity (Wildman–Crippen MR) is 47.6 cm³/mol. The summed E-state index contributed by atoms with van der Waals surface area (Å²) in [5.74, 6) is 0. The lowest BCUT2D eigenvalue weighted by Gasteiger charge is -1.75. The SMILES string of the molecule is C/C=C/C=N/c1nnc(C)s1. The summed E-state index contributed by atoms with van der Waals surface area (Å²) in [7, 11) is 0. The molecule has 0 spiro atoms. The van der Waals surface area contributed by atoms with Crippen LogP contribution >= 0.6 is 11.3 Å². The third-order valence-electron chi connectivity index (χ3n) is 0.979. The molecule has 0 amide bonds. The van der Waals surface area contributed by atoms with Crippen LogP contribution in [-0.4, -0.2) is 16.4 Å². The second-order valence-corrected chi connectivity index (χ2v) is 3.07. The molecule has 58 valence electrons. The highest BCUT2D eigenvalue weighted by Gasteiger charge is 1.93. The molecule has 0 radical (unpaired) electrons. The van der Waals surface area contributed by atoms with Crippen molar-refractivity contribution in [2.45, 2.75) is 13.8 Å². The van der Waals surface area contributed by atoms with E-state index in [2.05, 4.69) is 15.2 Å². The molecule has 0 bridgehead atoms. The second kappa shape index (κ2) is 3.98. The van der Waals surface area contributed by atoms with Gasteiger partial charge < -0.3 is 0 Å². The fraction of sp³-hybridized carbons (Fsp3) is 0.286. The van der Waals surface area contributed by atoms with Crippen LogP contribution in [0.15, 0.2) is 17.1 Å². The highest BCUT2D eigenvalue weighted by atomic mass is 32.1. The normalized spacial score (nSPS) is 11.8. The van der Waals surface area contributed by atoms with E-state index in [1.54, 1.807) is 6.21 Å². The van der Waals surface area contributed by atoms with E-state index in [0.29, 0.717) is 5.13 Å². The average Bonchev–Trinajstić information content (AvgIpc) is 2.37. The van der Waals surface area contributed by atoms with Crippen LogP contribution in [0.1, 0.15) is 11.9 Å². The summed E-state index contributed by atoms with van der Waals surface area (Å²) in [6.07, 6.45) is 5.48. The molecular formula is C7H9N3S. The van der Waals surface area contributed by atoms with Crippen molar-refractivity contribution in [3.63, 3.8) is 0 Å². The molecule has 1 heterocycles. The summed E-state index contributed by atoms with van der Waals surface area (Å²) in [6.45, 7) is 3.85. The first-order valence-electron chi connectivity index (χ1n) is 3.28. The lowest BCUT2D eigenvalue weighted by molar-refractivity contribution is 1.04. The van der Waals surface area contributed by atoms with Gasteiger partial charge in [-0.25, -0.2) is 4.99 Å². The van der Waals surface area contributed by atoms with Gasteiger partial charge in [0.05, 0.1) is 0 Å². The summed E-state index contributed by atoms with van der Waals surface area (Å²) >= 11 is 1.48. The van der Waals surface area contributed by atoms with Gasteiger partial charge in [0.1, 0.15) is 5.01 Å². The van der Waals surface area contributed by atoms with Gasteiger partial charge >= 0.3 is 0 Å². The Morgan fingerprint density at radius 3 is 2.82 bits per heavy atom. The molecule has 0 atom stereocenters. The standard InChI is InChI=1S/C7H9N3S/c1-3-4-5-8-7-10-9-6(2)11-7/h3-5H,1-2H3/b4-3+,8-5+. The fourth-order valence-electron chi connectivity index (χ4n) is 0.531. The van der Waals surface area contributed by atoms with E-state index in [-0.39, 0.29) is 0 Å². The molecule has 0 aromatic carbocycles. The van der Waals surface area contributed by atoms with Gasteiger partial charge in [-0.3, -0.25) is 0 Å². The van der Waals surface area contributed by atoms with Gasteiger partial charge in [0, 0.05) is 6.21 Å². The molecule has 0 N–H and O–H groups in total. The molecule has 0 saturated heterocycles. The summed E-state index contributed by atoms with van der Waals surface area (Å²) < 4.78 is 0. The van der Waals surface area contributed by atoms with Crippen LogP contribution in [0.3, 0.4) is 0 Å². The van der Waals surface area contributed by atoms with E-state index in [1.807, 2.05) is 26.0 Å². The van der Waals surface area contributed by atoms with Gasteiger partial charge in [-0.15, -0.1) is 10.2 Å². The summed E-state index contributed by atoms with van der Waals surface area (Å²) in [5, 5.41) is 9.30. The summed E-state index contributed by atoms with van der Waals surface area (Å²) in [5.41, 5.74) is 0. The van der Waals surface area contributed by atoms with Crippen molar-refractivity contribution < 1.29 is 0 Å². The van der Waals surface area contributed by atoms with Crippen molar-refractivity contribution in [1.82, 2.24) is 10.2 Å². The van der Waals surface area contributed by atoms with Crippen molar-refractivity contribution in [1.29, 1.82) is 0 Å². The summed E-state index contributed by atoms with van der Waals surface area (Å²) in [4.78, 5) is 4.05. The Balaban J connectivity index is 2.64. The van der Waals surface area contributed by atoms with Crippen LogP contribution in [0.2, 0.25) is 0 Å². The van der Waals surface area contributed by atoms with Gasteiger partial charge in [-0.1, -0.05) is 17.4 Å². The lowest BCUT2D eigenvalue weighted by Crippen LogP contribution is -1.67. The first-order chi connectivity index (χ1) is 5.33.